The third kappa shape index (κ3) is 4.87. The Hall–Kier alpha value is -1.60. The van der Waals surface area contributed by atoms with Gasteiger partial charge in [-0.25, -0.2) is 0 Å². The van der Waals surface area contributed by atoms with Gasteiger partial charge in [-0.3, -0.25) is 4.79 Å². The molecule has 6 heteroatoms. The molecule has 0 aliphatic heterocycles. The molecule has 0 N–H and O–H groups in total. The van der Waals surface area contributed by atoms with Gasteiger partial charge < -0.3 is 9.47 Å². The van der Waals surface area contributed by atoms with Crippen LogP contribution in [-0.2, 0) is 9.53 Å². The topological polar surface area (TPSA) is 59.3 Å². The van der Waals surface area contributed by atoms with Crippen LogP contribution in [0.3, 0.4) is 0 Å². The molecule has 1 saturated carbocycles. The van der Waals surface area contributed by atoms with E-state index in [0.717, 1.165) is 1.59 Å². The van der Waals surface area contributed by atoms with Crippen molar-refractivity contribution in [3.63, 3.8) is 0 Å². The van der Waals surface area contributed by atoms with Crippen LogP contribution in [0.4, 0.5) is 0 Å². The number of rotatable bonds is 6. The second-order valence-electron chi connectivity index (χ2n) is 7.21. The van der Waals surface area contributed by atoms with Crippen molar-refractivity contribution in [3.05, 3.63) is 67.8 Å². The van der Waals surface area contributed by atoms with E-state index in [4.69, 9.17) is 9.47 Å². The standard InChI is InChI=1S/C22H19I2NO3/c1-22(2)17(12-19(23)24)20(22)21(26)28-18(13-25)14-7-6-10-16(11-14)27-15-8-4-3-5-9-15/h3-12,17-18,20H,1-2H3/t17-,18-,20-/m0/s1. The maximum absolute atomic E-state index is 12.7. The Labute approximate surface area is 192 Å². The van der Waals surface area contributed by atoms with Crippen molar-refractivity contribution < 1.29 is 14.3 Å². The summed E-state index contributed by atoms with van der Waals surface area (Å²) in [6.07, 6.45) is 1.12. The van der Waals surface area contributed by atoms with Crippen LogP contribution in [0.1, 0.15) is 25.5 Å². The Morgan fingerprint density at radius 2 is 1.82 bits per heavy atom. The van der Waals surface area contributed by atoms with Crippen LogP contribution in [0, 0.1) is 28.6 Å². The molecule has 0 aromatic heterocycles. The molecule has 0 unspecified atom stereocenters. The lowest BCUT2D eigenvalue weighted by atomic mass is 10.1. The maximum atomic E-state index is 12.7. The summed E-state index contributed by atoms with van der Waals surface area (Å²) in [7, 11) is 0. The molecular formula is C22H19I2NO3. The van der Waals surface area contributed by atoms with Crippen molar-refractivity contribution in [2.75, 3.05) is 0 Å². The highest BCUT2D eigenvalue weighted by Crippen LogP contribution is 2.60. The number of nitriles is 1. The fraction of sp³-hybridized carbons (Fsp3) is 0.273. The minimum atomic E-state index is -0.966. The lowest BCUT2D eigenvalue weighted by Gasteiger charge is -2.13. The van der Waals surface area contributed by atoms with Gasteiger partial charge in [-0.2, -0.15) is 5.26 Å². The zero-order chi connectivity index (χ0) is 20.3. The zero-order valence-corrected chi connectivity index (χ0v) is 19.7. The molecule has 2 aromatic rings. The number of carbonyl (C=O) groups excluding carboxylic acids is 1. The Balaban J connectivity index is 1.72. The highest BCUT2D eigenvalue weighted by Gasteiger charge is 2.61. The number of allylic oxidation sites excluding steroid dienone is 1. The number of para-hydroxylation sites is 1. The number of hydrogen-bond donors (Lipinski definition) is 0. The molecule has 1 aliphatic carbocycles. The molecular weight excluding hydrogens is 580 g/mol. The molecule has 1 fully saturated rings. The summed E-state index contributed by atoms with van der Waals surface area (Å²) in [6, 6.07) is 18.6. The molecule has 0 spiro atoms. The summed E-state index contributed by atoms with van der Waals surface area (Å²) in [5.74, 6) is 0.865. The number of ether oxygens (including phenoxy) is 2. The van der Waals surface area contributed by atoms with Crippen LogP contribution >= 0.6 is 45.2 Å². The van der Waals surface area contributed by atoms with E-state index in [9.17, 15) is 10.1 Å². The molecule has 28 heavy (non-hydrogen) atoms. The van der Waals surface area contributed by atoms with Crippen molar-refractivity contribution in [1.29, 1.82) is 5.26 Å². The smallest absolute Gasteiger partial charge is 0.311 e. The van der Waals surface area contributed by atoms with Crippen LogP contribution in [0.25, 0.3) is 0 Å². The first kappa shape index (κ1) is 21.1. The minimum Gasteiger partial charge on any atom is -0.457 e. The van der Waals surface area contributed by atoms with E-state index in [1.165, 1.54) is 0 Å². The van der Waals surface area contributed by atoms with Crippen LogP contribution < -0.4 is 4.74 Å². The molecule has 3 atom stereocenters. The van der Waals surface area contributed by atoms with Gasteiger partial charge in [-0.05, 0) is 80.8 Å². The normalized spacial score (nSPS) is 20.4. The van der Waals surface area contributed by atoms with E-state index in [1.807, 2.05) is 44.2 Å². The van der Waals surface area contributed by atoms with Gasteiger partial charge in [0.15, 0.2) is 0 Å². The maximum Gasteiger partial charge on any atom is 0.311 e. The number of carbonyl (C=O) groups is 1. The predicted molar refractivity (Wildman–Crippen MR) is 124 cm³/mol. The zero-order valence-electron chi connectivity index (χ0n) is 15.4. The molecule has 3 rings (SSSR count). The summed E-state index contributed by atoms with van der Waals surface area (Å²) in [4.78, 5) is 12.7. The Bertz CT molecular complexity index is 930. The van der Waals surface area contributed by atoms with E-state index in [0.29, 0.717) is 17.1 Å². The largest absolute Gasteiger partial charge is 0.457 e. The Morgan fingerprint density at radius 1 is 1.14 bits per heavy atom. The van der Waals surface area contributed by atoms with Gasteiger partial charge in [0, 0.05) is 7.15 Å². The summed E-state index contributed by atoms with van der Waals surface area (Å²) in [5.41, 5.74) is 0.440. The van der Waals surface area contributed by atoms with E-state index in [1.54, 1.807) is 24.3 Å². The molecule has 0 heterocycles. The molecule has 144 valence electrons. The first-order valence-electron chi connectivity index (χ1n) is 8.78. The van der Waals surface area contributed by atoms with E-state index >= 15 is 0 Å². The third-order valence-corrected chi connectivity index (χ3v) is 5.68. The van der Waals surface area contributed by atoms with Gasteiger partial charge in [0.2, 0.25) is 6.10 Å². The first-order valence-corrected chi connectivity index (χ1v) is 10.9. The van der Waals surface area contributed by atoms with E-state index < -0.39 is 6.10 Å². The van der Waals surface area contributed by atoms with Crippen molar-refractivity contribution in [2.24, 2.45) is 17.3 Å². The lowest BCUT2D eigenvalue weighted by molar-refractivity contribution is -0.149. The van der Waals surface area contributed by atoms with Gasteiger partial charge in [-0.15, -0.1) is 0 Å². The summed E-state index contributed by atoms with van der Waals surface area (Å²) in [6.45, 7) is 4.10. The average Bonchev–Trinajstić information content (AvgIpc) is 3.20. The quantitative estimate of drug-likeness (QED) is 0.279. The van der Waals surface area contributed by atoms with Crippen LogP contribution in [0.15, 0.2) is 62.3 Å². The second-order valence-corrected chi connectivity index (χ2v) is 11.6. The average molecular weight is 599 g/mol. The molecule has 0 bridgehead atoms. The molecule has 0 radical (unpaired) electrons. The van der Waals surface area contributed by atoms with Crippen LogP contribution in [0.5, 0.6) is 11.5 Å². The number of halogens is 2. The summed E-state index contributed by atoms with van der Waals surface area (Å²) in [5, 5.41) is 9.57. The van der Waals surface area contributed by atoms with E-state index in [2.05, 4.69) is 57.3 Å². The number of esters is 1. The van der Waals surface area contributed by atoms with E-state index in [-0.39, 0.29) is 23.2 Å². The second kappa shape index (κ2) is 8.82. The Morgan fingerprint density at radius 3 is 2.46 bits per heavy atom. The van der Waals surface area contributed by atoms with Gasteiger partial charge >= 0.3 is 5.97 Å². The molecule has 0 amide bonds. The highest BCUT2D eigenvalue weighted by molar-refractivity contribution is 14.2. The van der Waals surface area contributed by atoms with Gasteiger partial charge in [0.25, 0.3) is 0 Å². The molecule has 2 aromatic carbocycles. The molecule has 0 saturated heterocycles. The van der Waals surface area contributed by atoms with Crippen LogP contribution in [0.2, 0.25) is 0 Å². The Kier molecular flexibility index (Phi) is 6.65. The van der Waals surface area contributed by atoms with Gasteiger partial charge in [0.05, 0.1) is 5.92 Å². The highest BCUT2D eigenvalue weighted by atomic mass is 127. The fourth-order valence-corrected chi connectivity index (χ4v) is 4.07. The third-order valence-electron chi connectivity index (χ3n) is 4.96. The SMILES string of the molecule is CC1(C)[C@H](C(=O)O[C@@H](C#N)c2cccc(Oc3ccccc3)c2)[C@@H]1C=C(I)I. The van der Waals surface area contributed by atoms with Crippen LogP contribution in [-0.4, -0.2) is 5.97 Å². The number of nitrogens with zero attached hydrogens (tertiary/aromatic N) is 1. The minimum absolute atomic E-state index is 0.135. The van der Waals surface area contributed by atoms with Crippen molar-refractivity contribution in [3.8, 4) is 17.6 Å². The summed E-state index contributed by atoms with van der Waals surface area (Å²) < 4.78 is 12.5. The number of hydrogen-bond acceptors (Lipinski definition) is 4. The fourth-order valence-electron chi connectivity index (χ4n) is 3.30. The predicted octanol–water partition coefficient (Wildman–Crippen LogP) is 6.57. The lowest BCUT2D eigenvalue weighted by Crippen LogP contribution is -2.14. The number of benzene rings is 2. The monoisotopic (exact) mass is 599 g/mol. The van der Waals surface area contributed by atoms with Crippen molar-refractivity contribution >= 4 is 51.2 Å². The first-order chi connectivity index (χ1) is 13.3. The van der Waals surface area contributed by atoms with Gasteiger partial charge in [-0.1, -0.05) is 50.3 Å². The molecule has 4 nitrogen and oxygen atoms in total. The van der Waals surface area contributed by atoms with Crippen molar-refractivity contribution in [1.82, 2.24) is 0 Å². The molecule has 1 aliphatic rings. The van der Waals surface area contributed by atoms with Gasteiger partial charge in [0.1, 0.15) is 17.6 Å². The van der Waals surface area contributed by atoms with Crippen molar-refractivity contribution in [2.45, 2.75) is 20.0 Å². The summed E-state index contributed by atoms with van der Waals surface area (Å²) >= 11 is 4.46.